The molecule has 0 radical (unpaired) electrons. The molecular formula is C24H32N2O5S. The van der Waals surface area contributed by atoms with E-state index >= 15 is 0 Å². The van der Waals surface area contributed by atoms with Gasteiger partial charge >= 0.3 is 0 Å². The van der Waals surface area contributed by atoms with Gasteiger partial charge in [0.2, 0.25) is 15.9 Å². The van der Waals surface area contributed by atoms with Crippen LogP contribution in [0.3, 0.4) is 0 Å². The topological polar surface area (TPSA) is 87.2 Å². The molecule has 8 heteroatoms. The molecule has 1 amide bonds. The van der Waals surface area contributed by atoms with E-state index in [0.717, 1.165) is 25.7 Å². The lowest BCUT2D eigenvalue weighted by Crippen LogP contribution is -2.50. The predicted molar refractivity (Wildman–Crippen MR) is 120 cm³/mol. The second-order valence-electron chi connectivity index (χ2n) is 9.44. The zero-order valence-corrected chi connectivity index (χ0v) is 19.8. The summed E-state index contributed by atoms with van der Waals surface area (Å²) >= 11 is 0. The van der Waals surface area contributed by atoms with Crippen LogP contribution in [-0.2, 0) is 14.8 Å². The van der Waals surface area contributed by atoms with E-state index in [1.165, 1.54) is 4.31 Å². The first kappa shape index (κ1) is 23.1. The molecule has 1 heterocycles. The van der Waals surface area contributed by atoms with Gasteiger partial charge in [-0.3, -0.25) is 4.79 Å². The maximum absolute atomic E-state index is 13.5. The predicted octanol–water partition coefficient (Wildman–Crippen LogP) is 2.09. The first-order chi connectivity index (χ1) is 15.2. The number of carbonyl (C=O) groups excluding carboxylic acids is 1. The molecule has 0 saturated heterocycles. The van der Waals surface area contributed by atoms with Gasteiger partial charge in [-0.1, -0.05) is 18.8 Å². The summed E-state index contributed by atoms with van der Waals surface area (Å²) in [6, 6.07) is 4.37. The fourth-order valence-electron chi connectivity index (χ4n) is 3.94. The van der Waals surface area contributed by atoms with Crippen LogP contribution < -0.4 is 4.74 Å². The number of likely N-dealkylation sites (N-methyl/N-ethyl adjacent to an activating group) is 1. The number of benzene rings is 1. The molecule has 3 aliphatic rings. The lowest BCUT2D eigenvalue weighted by Gasteiger charge is -2.37. The maximum atomic E-state index is 13.5. The first-order valence-electron chi connectivity index (χ1n) is 11.4. The van der Waals surface area contributed by atoms with Gasteiger partial charge in [-0.15, -0.1) is 0 Å². The van der Waals surface area contributed by atoms with Crippen molar-refractivity contribution in [2.75, 3.05) is 26.7 Å². The van der Waals surface area contributed by atoms with Gasteiger partial charge in [0.15, 0.2) is 0 Å². The molecule has 1 aromatic rings. The molecule has 0 unspecified atom stereocenters. The van der Waals surface area contributed by atoms with Gasteiger partial charge in [-0.05, 0) is 50.8 Å². The Morgan fingerprint density at radius 3 is 2.66 bits per heavy atom. The molecule has 0 aromatic heterocycles. The van der Waals surface area contributed by atoms with E-state index in [9.17, 15) is 18.3 Å². The number of nitrogens with zero attached hydrogens (tertiary/aromatic N) is 2. The van der Waals surface area contributed by atoms with Crippen molar-refractivity contribution in [1.82, 2.24) is 9.21 Å². The van der Waals surface area contributed by atoms with E-state index in [-0.39, 0.29) is 41.5 Å². The first-order valence-corrected chi connectivity index (χ1v) is 12.8. The van der Waals surface area contributed by atoms with Crippen LogP contribution in [0.4, 0.5) is 0 Å². The molecule has 4 rings (SSSR count). The van der Waals surface area contributed by atoms with Gasteiger partial charge in [0.25, 0.3) is 0 Å². The molecule has 1 aromatic carbocycles. The molecule has 7 nitrogen and oxygen atoms in total. The fraction of sp³-hybridized carbons (Fsp3) is 0.625. The molecule has 32 heavy (non-hydrogen) atoms. The van der Waals surface area contributed by atoms with Gasteiger partial charge < -0.3 is 14.7 Å². The minimum absolute atomic E-state index is 0.0721. The highest BCUT2D eigenvalue weighted by Gasteiger charge is 2.39. The van der Waals surface area contributed by atoms with Gasteiger partial charge in [0.1, 0.15) is 16.7 Å². The average molecular weight is 461 g/mol. The number of sulfonamides is 1. The number of amides is 1. The Morgan fingerprint density at radius 2 is 2.03 bits per heavy atom. The van der Waals surface area contributed by atoms with E-state index in [1.54, 1.807) is 37.1 Å². The van der Waals surface area contributed by atoms with Crippen molar-refractivity contribution in [3.8, 4) is 17.6 Å². The van der Waals surface area contributed by atoms with Crippen LogP contribution in [0.15, 0.2) is 23.1 Å². The van der Waals surface area contributed by atoms with E-state index in [2.05, 4.69) is 11.8 Å². The summed E-state index contributed by atoms with van der Waals surface area (Å²) in [6.07, 6.45) is 3.68. The number of ether oxygens (including phenoxy) is 1. The molecule has 174 valence electrons. The van der Waals surface area contributed by atoms with Gasteiger partial charge in [-0.2, -0.15) is 4.31 Å². The second-order valence-corrected chi connectivity index (χ2v) is 11.3. The highest BCUT2D eigenvalue weighted by Crippen LogP contribution is 2.35. The smallest absolute Gasteiger partial charge is 0.247 e. The van der Waals surface area contributed by atoms with Crippen molar-refractivity contribution < 1.29 is 23.1 Å². The summed E-state index contributed by atoms with van der Waals surface area (Å²) in [7, 11) is -2.10. The Labute approximate surface area is 190 Å². The quantitative estimate of drug-likeness (QED) is 0.680. The van der Waals surface area contributed by atoms with Crippen molar-refractivity contribution in [3.63, 3.8) is 0 Å². The average Bonchev–Trinajstić information content (AvgIpc) is 3.67. The van der Waals surface area contributed by atoms with Crippen molar-refractivity contribution in [2.24, 2.45) is 17.8 Å². The SMILES string of the molecule is C[C@@H]1CN([C@@H](C)CO)S(=O)(=O)c2ccc(C#CC3CC3)cc2O[C@@H]1CN(C)C(=O)C1CC1. The van der Waals surface area contributed by atoms with Gasteiger partial charge in [0, 0.05) is 43.0 Å². The Balaban J connectivity index is 1.70. The van der Waals surface area contributed by atoms with E-state index < -0.39 is 22.2 Å². The van der Waals surface area contributed by atoms with Crippen LogP contribution in [0.5, 0.6) is 5.75 Å². The van der Waals surface area contributed by atoms with E-state index in [0.29, 0.717) is 18.0 Å². The third kappa shape index (κ3) is 4.95. The molecular weight excluding hydrogens is 428 g/mol. The second kappa shape index (κ2) is 9.05. The van der Waals surface area contributed by atoms with Crippen molar-refractivity contribution in [2.45, 2.75) is 56.6 Å². The minimum Gasteiger partial charge on any atom is -0.487 e. The Kier molecular flexibility index (Phi) is 6.53. The van der Waals surface area contributed by atoms with E-state index in [1.807, 2.05) is 6.92 Å². The zero-order chi connectivity index (χ0) is 23.0. The monoisotopic (exact) mass is 460 g/mol. The standard InChI is InChI=1S/C24H32N2O5S/c1-16-13-26(17(2)15-27)32(29,30)23-11-8-19(7-6-18-4-5-18)12-21(23)31-22(16)14-25(3)24(28)20-9-10-20/h8,11-12,16-18,20,22,27H,4-5,9-10,13-15H2,1-3H3/t16-,17+,22-/m1/s1. The summed E-state index contributed by atoms with van der Waals surface area (Å²) in [5, 5.41) is 9.73. The minimum atomic E-state index is -3.87. The number of rotatable bonds is 5. The summed E-state index contributed by atoms with van der Waals surface area (Å²) in [6.45, 7) is 3.91. The Bertz CT molecular complexity index is 1040. The summed E-state index contributed by atoms with van der Waals surface area (Å²) < 4.78 is 34.6. The van der Waals surface area contributed by atoms with Crippen LogP contribution in [0.25, 0.3) is 0 Å². The number of hydrogen-bond donors (Lipinski definition) is 1. The Hall–Kier alpha value is -2.08. The number of hydrogen-bond acceptors (Lipinski definition) is 5. The molecule has 3 atom stereocenters. The lowest BCUT2D eigenvalue weighted by atomic mass is 10.0. The van der Waals surface area contributed by atoms with Crippen molar-refractivity contribution >= 4 is 15.9 Å². The zero-order valence-electron chi connectivity index (χ0n) is 19.0. The highest BCUT2D eigenvalue weighted by atomic mass is 32.2. The molecule has 0 spiro atoms. The molecule has 2 aliphatic carbocycles. The van der Waals surface area contributed by atoms with Crippen LogP contribution in [0, 0.1) is 29.6 Å². The summed E-state index contributed by atoms with van der Waals surface area (Å²) in [4.78, 5) is 14.3. The third-order valence-corrected chi connectivity index (χ3v) is 8.44. The lowest BCUT2D eigenvalue weighted by molar-refractivity contribution is -0.132. The summed E-state index contributed by atoms with van der Waals surface area (Å²) in [5.41, 5.74) is 0.710. The highest BCUT2D eigenvalue weighted by molar-refractivity contribution is 7.89. The number of aliphatic hydroxyl groups is 1. The van der Waals surface area contributed by atoms with E-state index in [4.69, 9.17) is 4.74 Å². The molecule has 2 fully saturated rings. The Morgan fingerprint density at radius 1 is 1.31 bits per heavy atom. The molecule has 2 saturated carbocycles. The van der Waals surface area contributed by atoms with Crippen molar-refractivity contribution in [1.29, 1.82) is 0 Å². The van der Waals surface area contributed by atoms with Crippen molar-refractivity contribution in [3.05, 3.63) is 23.8 Å². The number of carbonyl (C=O) groups is 1. The van der Waals surface area contributed by atoms with Crippen LogP contribution >= 0.6 is 0 Å². The maximum Gasteiger partial charge on any atom is 0.247 e. The number of fused-ring (bicyclic) bond motifs is 1. The normalized spacial score (nSPS) is 25.9. The largest absolute Gasteiger partial charge is 0.487 e. The van der Waals surface area contributed by atoms with Gasteiger partial charge in [0.05, 0.1) is 13.2 Å². The molecule has 1 aliphatic heterocycles. The van der Waals surface area contributed by atoms with Crippen LogP contribution in [-0.4, -0.2) is 67.5 Å². The molecule has 1 N–H and O–H groups in total. The van der Waals surface area contributed by atoms with Crippen LogP contribution in [0.2, 0.25) is 0 Å². The third-order valence-electron chi connectivity index (χ3n) is 6.42. The number of aliphatic hydroxyl groups excluding tert-OH is 1. The summed E-state index contributed by atoms with van der Waals surface area (Å²) in [5.74, 6) is 7.04. The van der Waals surface area contributed by atoms with Crippen LogP contribution in [0.1, 0.15) is 45.1 Å². The van der Waals surface area contributed by atoms with Gasteiger partial charge in [-0.25, -0.2) is 8.42 Å². The molecule has 0 bridgehead atoms. The fourth-order valence-corrected chi connectivity index (χ4v) is 5.76.